The van der Waals surface area contributed by atoms with E-state index in [2.05, 4.69) is 52.8 Å². The molecule has 0 fully saturated rings. The standard InChI is InChI=1S/C22H29N3O3/c1-3-21(26)23-12-5-7-14-25-15-11-18-17-19(9-10-20(18)25)28-16-8-6-13-24-22(27)4-2/h3-4,9-11,15,17H,1-2,5-8,12-14,16H2,(H,23,26)(H,24,27). The van der Waals surface area contributed by atoms with Crippen LogP contribution in [0.4, 0.5) is 0 Å². The van der Waals surface area contributed by atoms with Crippen molar-refractivity contribution in [1.29, 1.82) is 0 Å². The monoisotopic (exact) mass is 383 g/mol. The van der Waals surface area contributed by atoms with Crippen molar-refractivity contribution in [2.45, 2.75) is 32.2 Å². The van der Waals surface area contributed by atoms with E-state index in [0.717, 1.165) is 43.4 Å². The second-order valence-corrected chi connectivity index (χ2v) is 6.48. The average Bonchev–Trinajstić information content (AvgIpc) is 3.12. The number of aromatic nitrogens is 1. The van der Waals surface area contributed by atoms with E-state index in [1.165, 1.54) is 17.7 Å². The number of benzene rings is 1. The highest BCUT2D eigenvalue weighted by atomic mass is 16.5. The Hall–Kier alpha value is -3.02. The normalized spacial score (nSPS) is 10.4. The highest BCUT2D eigenvalue weighted by Gasteiger charge is 2.04. The maximum Gasteiger partial charge on any atom is 0.243 e. The summed E-state index contributed by atoms with van der Waals surface area (Å²) >= 11 is 0. The van der Waals surface area contributed by atoms with E-state index < -0.39 is 0 Å². The van der Waals surface area contributed by atoms with Crippen LogP contribution < -0.4 is 15.4 Å². The predicted octanol–water partition coefficient (Wildman–Crippen LogP) is 3.18. The molecule has 6 nitrogen and oxygen atoms in total. The SMILES string of the molecule is C=CC(=O)NCCCCOc1ccc2c(ccn2CCCCNC(=O)C=C)c1. The number of rotatable bonds is 13. The minimum atomic E-state index is -0.141. The predicted molar refractivity (Wildman–Crippen MR) is 112 cm³/mol. The van der Waals surface area contributed by atoms with Gasteiger partial charge in [0.1, 0.15) is 5.75 Å². The van der Waals surface area contributed by atoms with Crippen molar-refractivity contribution in [3.05, 3.63) is 55.8 Å². The molecule has 0 saturated carbocycles. The van der Waals surface area contributed by atoms with Gasteiger partial charge in [0.2, 0.25) is 11.8 Å². The molecule has 2 N–H and O–H groups in total. The molecule has 0 spiro atoms. The number of ether oxygens (including phenoxy) is 1. The summed E-state index contributed by atoms with van der Waals surface area (Å²) in [5, 5.41) is 6.69. The van der Waals surface area contributed by atoms with Crippen LogP contribution in [0.25, 0.3) is 10.9 Å². The van der Waals surface area contributed by atoms with Gasteiger partial charge in [0.25, 0.3) is 0 Å². The van der Waals surface area contributed by atoms with Gasteiger partial charge in [-0.05, 0) is 62.1 Å². The Balaban J connectivity index is 1.72. The van der Waals surface area contributed by atoms with Crippen LogP contribution in [-0.2, 0) is 16.1 Å². The van der Waals surface area contributed by atoms with Gasteiger partial charge in [0.15, 0.2) is 0 Å². The Morgan fingerprint density at radius 1 is 0.964 bits per heavy atom. The first-order valence-electron chi connectivity index (χ1n) is 9.66. The molecular formula is C22H29N3O3. The maximum atomic E-state index is 11.1. The number of carbonyl (C=O) groups excluding carboxylic acids is 2. The lowest BCUT2D eigenvalue weighted by molar-refractivity contribution is -0.117. The maximum absolute atomic E-state index is 11.1. The molecule has 1 aromatic heterocycles. The van der Waals surface area contributed by atoms with Gasteiger partial charge >= 0.3 is 0 Å². The Kier molecular flexibility index (Phi) is 8.85. The molecule has 150 valence electrons. The van der Waals surface area contributed by atoms with Crippen molar-refractivity contribution in [3.8, 4) is 5.75 Å². The summed E-state index contributed by atoms with van der Waals surface area (Å²) in [7, 11) is 0. The van der Waals surface area contributed by atoms with E-state index in [9.17, 15) is 9.59 Å². The van der Waals surface area contributed by atoms with Gasteiger partial charge in [-0.3, -0.25) is 9.59 Å². The van der Waals surface area contributed by atoms with Gasteiger partial charge in [-0.1, -0.05) is 13.2 Å². The molecule has 2 amide bonds. The zero-order chi connectivity index (χ0) is 20.2. The van der Waals surface area contributed by atoms with Crippen molar-refractivity contribution in [2.24, 2.45) is 0 Å². The molecule has 0 aliphatic heterocycles. The lowest BCUT2D eigenvalue weighted by atomic mass is 10.2. The van der Waals surface area contributed by atoms with E-state index in [-0.39, 0.29) is 11.8 Å². The molecule has 0 aliphatic rings. The molecule has 0 unspecified atom stereocenters. The molecule has 28 heavy (non-hydrogen) atoms. The number of nitrogens with zero attached hydrogens (tertiary/aromatic N) is 1. The van der Waals surface area contributed by atoms with E-state index in [1.54, 1.807) is 0 Å². The summed E-state index contributed by atoms with van der Waals surface area (Å²) in [6.07, 6.45) is 8.30. The number of nitrogens with one attached hydrogen (secondary N) is 2. The molecule has 0 aliphatic carbocycles. The van der Waals surface area contributed by atoms with Gasteiger partial charge in [-0.25, -0.2) is 0 Å². The fraction of sp³-hybridized carbons (Fsp3) is 0.364. The van der Waals surface area contributed by atoms with Crippen molar-refractivity contribution in [2.75, 3.05) is 19.7 Å². The fourth-order valence-corrected chi connectivity index (χ4v) is 2.85. The summed E-state index contributed by atoms with van der Waals surface area (Å²) in [5.74, 6) is 0.588. The van der Waals surface area contributed by atoms with Crippen LogP contribution in [0.1, 0.15) is 25.7 Å². The van der Waals surface area contributed by atoms with E-state index in [0.29, 0.717) is 19.7 Å². The smallest absolute Gasteiger partial charge is 0.243 e. The zero-order valence-corrected chi connectivity index (χ0v) is 16.3. The van der Waals surface area contributed by atoms with Crippen molar-refractivity contribution in [3.63, 3.8) is 0 Å². The van der Waals surface area contributed by atoms with Crippen LogP contribution >= 0.6 is 0 Å². The molecular weight excluding hydrogens is 354 g/mol. The second kappa shape index (κ2) is 11.6. The molecule has 2 aromatic rings. The number of carbonyl (C=O) groups is 2. The quantitative estimate of drug-likeness (QED) is 0.412. The fourth-order valence-electron chi connectivity index (χ4n) is 2.85. The first-order valence-corrected chi connectivity index (χ1v) is 9.66. The largest absolute Gasteiger partial charge is 0.494 e. The third-order valence-corrected chi connectivity index (χ3v) is 4.38. The third kappa shape index (κ3) is 6.95. The molecule has 0 atom stereocenters. The van der Waals surface area contributed by atoms with Crippen molar-refractivity contribution in [1.82, 2.24) is 15.2 Å². The summed E-state index contributed by atoms with van der Waals surface area (Å²) in [5.41, 5.74) is 1.18. The molecule has 2 rings (SSSR count). The lowest BCUT2D eigenvalue weighted by Gasteiger charge is -2.09. The third-order valence-electron chi connectivity index (χ3n) is 4.38. The number of hydrogen-bond donors (Lipinski definition) is 2. The van der Waals surface area contributed by atoms with Gasteiger partial charge in [-0.2, -0.15) is 0 Å². The van der Waals surface area contributed by atoms with E-state index >= 15 is 0 Å². The summed E-state index contributed by atoms with van der Waals surface area (Å²) < 4.78 is 8.03. The van der Waals surface area contributed by atoms with Crippen molar-refractivity contribution >= 4 is 22.7 Å². The van der Waals surface area contributed by atoms with E-state index in [4.69, 9.17) is 4.74 Å². The summed E-state index contributed by atoms with van der Waals surface area (Å²) in [4.78, 5) is 22.2. The minimum absolute atomic E-state index is 0.125. The first-order chi connectivity index (χ1) is 13.6. The highest BCUT2D eigenvalue weighted by Crippen LogP contribution is 2.22. The summed E-state index contributed by atoms with van der Waals surface area (Å²) in [6.45, 7) is 9.68. The minimum Gasteiger partial charge on any atom is -0.494 e. The number of unbranched alkanes of at least 4 members (excludes halogenated alkanes) is 2. The van der Waals surface area contributed by atoms with Gasteiger partial charge in [0, 0.05) is 36.7 Å². The van der Waals surface area contributed by atoms with Gasteiger partial charge in [-0.15, -0.1) is 0 Å². The topological polar surface area (TPSA) is 72.4 Å². The van der Waals surface area contributed by atoms with Crippen LogP contribution in [0.3, 0.4) is 0 Å². The highest BCUT2D eigenvalue weighted by molar-refractivity contribution is 5.87. The molecule has 0 bridgehead atoms. The van der Waals surface area contributed by atoms with Crippen LogP contribution in [0.15, 0.2) is 55.8 Å². The number of fused-ring (bicyclic) bond motifs is 1. The van der Waals surface area contributed by atoms with Crippen LogP contribution in [0.2, 0.25) is 0 Å². The van der Waals surface area contributed by atoms with Crippen LogP contribution in [0.5, 0.6) is 5.75 Å². The first kappa shape index (κ1) is 21.3. The number of amides is 2. The molecule has 0 saturated heterocycles. The van der Waals surface area contributed by atoms with Crippen LogP contribution in [-0.4, -0.2) is 36.1 Å². The number of hydrogen-bond acceptors (Lipinski definition) is 3. The van der Waals surface area contributed by atoms with Gasteiger partial charge in [0.05, 0.1) is 6.61 Å². The summed E-state index contributed by atoms with van der Waals surface area (Å²) in [6, 6.07) is 8.21. The molecule has 0 radical (unpaired) electrons. The lowest BCUT2D eigenvalue weighted by Crippen LogP contribution is -2.22. The molecule has 6 heteroatoms. The van der Waals surface area contributed by atoms with Crippen molar-refractivity contribution < 1.29 is 14.3 Å². The average molecular weight is 383 g/mol. The van der Waals surface area contributed by atoms with Crippen LogP contribution in [0, 0.1) is 0 Å². The zero-order valence-electron chi connectivity index (χ0n) is 16.3. The second-order valence-electron chi connectivity index (χ2n) is 6.48. The van der Waals surface area contributed by atoms with Gasteiger partial charge < -0.3 is 19.9 Å². The molecule has 1 heterocycles. The Bertz CT molecular complexity index is 810. The number of aryl methyl sites for hydroxylation is 1. The Morgan fingerprint density at radius 2 is 1.64 bits per heavy atom. The van der Waals surface area contributed by atoms with E-state index in [1.807, 2.05) is 6.07 Å². The Labute approximate surface area is 166 Å². The molecule has 1 aromatic carbocycles. The Morgan fingerprint density at radius 3 is 2.32 bits per heavy atom.